The van der Waals surface area contributed by atoms with E-state index < -0.39 is 17.2 Å². The van der Waals surface area contributed by atoms with Crippen LogP contribution in [0.2, 0.25) is 0 Å². The van der Waals surface area contributed by atoms with Gasteiger partial charge in [-0.15, -0.1) is 0 Å². The van der Waals surface area contributed by atoms with Gasteiger partial charge in [0.05, 0.1) is 29.8 Å². The molecule has 2 saturated heterocycles. The van der Waals surface area contributed by atoms with Gasteiger partial charge in [0.15, 0.2) is 0 Å². The third-order valence-electron chi connectivity index (χ3n) is 8.89. The van der Waals surface area contributed by atoms with Crippen molar-refractivity contribution in [2.24, 2.45) is 12.5 Å². The summed E-state index contributed by atoms with van der Waals surface area (Å²) in [5.41, 5.74) is -0.519. The number of methoxy groups -OCH3 is 1. The highest BCUT2D eigenvalue weighted by Crippen LogP contribution is 2.55. The van der Waals surface area contributed by atoms with Crippen LogP contribution in [0.4, 0.5) is 13.2 Å². The van der Waals surface area contributed by atoms with Crippen molar-refractivity contribution in [1.82, 2.24) is 24.8 Å². The average molecular weight is 550 g/mol. The monoisotopic (exact) mass is 549 g/mol. The summed E-state index contributed by atoms with van der Waals surface area (Å²) >= 11 is 0. The zero-order valence-corrected chi connectivity index (χ0v) is 22.1. The molecule has 9 nitrogen and oxygen atoms in total. The normalized spacial score (nSPS) is 32.7. The maximum Gasteiger partial charge on any atom is 0.417 e. The van der Waals surface area contributed by atoms with E-state index in [0.717, 1.165) is 24.5 Å². The lowest BCUT2D eigenvalue weighted by Crippen LogP contribution is -2.51. The molecule has 0 aromatic carbocycles. The summed E-state index contributed by atoms with van der Waals surface area (Å²) in [7, 11) is 3.58. The van der Waals surface area contributed by atoms with Gasteiger partial charge in [-0.05, 0) is 37.3 Å². The summed E-state index contributed by atoms with van der Waals surface area (Å²) in [4.78, 5) is 24.6. The first-order chi connectivity index (χ1) is 18.7. The van der Waals surface area contributed by atoms with Crippen molar-refractivity contribution in [2.45, 2.75) is 75.2 Å². The standard InChI is InChI=1S/C27H34F3N5O4/c1-34-7-5-31-24(34)21-12-26(11-18(10-23(26)39-21)33-20-4-8-38-15-22(20)37-2)25(36)35-6-3-19-16(14-35)9-17(13-32-19)27(28,29)30/h5,7,9,13,18,20-23,33H,3-4,6,8,10-12,14-15H2,1-2H3/t18-,20?,21?,22?,23-,26+/m1/s1. The Bertz CT molecular complexity index is 1220. The quantitative estimate of drug-likeness (QED) is 0.614. The molecule has 0 bridgehead atoms. The number of rotatable bonds is 5. The highest BCUT2D eigenvalue weighted by Gasteiger charge is 2.61. The third kappa shape index (κ3) is 4.85. The summed E-state index contributed by atoms with van der Waals surface area (Å²) < 4.78 is 59.7. The van der Waals surface area contributed by atoms with Crippen LogP contribution in [0, 0.1) is 5.41 Å². The van der Waals surface area contributed by atoms with Crippen LogP contribution in [0.15, 0.2) is 24.7 Å². The molecule has 2 aromatic rings. The number of aromatic nitrogens is 3. The zero-order valence-electron chi connectivity index (χ0n) is 22.1. The van der Waals surface area contributed by atoms with Gasteiger partial charge >= 0.3 is 6.18 Å². The predicted molar refractivity (Wildman–Crippen MR) is 132 cm³/mol. The molecule has 4 aliphatic rings. The van der Waals surface area contributed by atoms with E-state index in [1.54, 1.807) is 18.2 Å². The van der Waals surface area contributed by atoms with Gasteiger partial charge in [0.25, 0.3) is 0 Å². The van der Waals surface area contributed by atoms with Crippen molar-refractivity contribution >= 4 is 5.91 Å². The molecule has 2 aromatic heterocycles. The number of alkyl halides is 3. The van der Waals surface area contributed by atoms with Gasteiger partial charge in [-0.25, -0.2) is 4.98 Å². The molecule has 1 aliphatic carbocycles. The first-order valence-electron chi connectivity index (χ1n) is 13.5. The van der Waals surface area contributed by atoms with Gasteiger partial charge < -0.3 is 29.0 Å². The molecule has 5 heterocycles. The van der Waals surface area contributed by atoms with E-state index in [2.05, 4.69) is 15.3 Å². The molecule has 1 saturated carbocycles. The Kier molecular flexibility index (Phi) is 6.93. The molecule has 12 heteroatoms. The van der Waals surface area contributed by atoms with Crippen LogP contribution in [0.25, 0.3) is 0 Å². The van der Waals surface area contributed by atoms with Crippen LogP contribution in [-0.2, 0) is 45.2 Å². The second kappa shape index (κ2) is 10.1. The van der Waals surface area contributed by atoms with Crippen molar-refractivity contribution in [3.8, 4) is 0 Å². The number of carbonyl (C=O) groups is 1. The van der Waals surface area contributed by atoms with Crippen LogP contribution in [0.3, 0.4) is 0 Å². The van der Waals surface area contributed by atoms with E-state index in [0.29, 0.717) is 56.7 Å². The van der Waals surface area contributed by atoms with Gasteiger partial charge in [-0.3, -0.25) is 9.78 Å². The number of fused-ring (bicyclic) bond motifs is 2. The minimum Gasteiger partial charge on any atom is -0.379 e. The summed E-state index contributed by atoms with van der Waals surface area (Å²) in [5, 5.41) is 3.72. The second-order valence-electron chi connectivity index (χ2n) is 11.2. The van der Waals surface area contributed by atoms with Gasteiger partial charge in [-0.2, -0.15) is 13.2 Å². The summed E-state index contributed by atoms with van der Waals surface area (Å²) in [5.74, 6) is 0.708. The van der Waals surface area contributed by atoms with Crippen molar-refractivity contribution < 1.29 is 32.2 Å². The van der Waals surface area contributed by atoms with Gasteiger partial charge in [0.2, 0.25) is 5.91 Å². The van der Waals surface area contributed by atoms with Crippen LogP contribution >= 0.6 is 0 Å². The van der Waals surface area contributed by atoms with Gasteiger partial charge in [0, 0.05) is 76.6 Å². The fraction of sp³-hybridized carbons (Fsp3) is 0.667. The molecule has 0 radical (unpaired) electrons. The SMILES string of the molecule is COC1COCCC1N[C@@H]1C[C@H]2OC(c3nccn3C)C[C@@]2(C(=O)N2CCc3ncc(C(F)(F)F)cc3C2)C1. The molecule has 3 aliphatic heterocycles. The van der Waals surface area contributed by atoms with E-state index in [4.69, 9.17) is 14.2 Å². The van der Waals surface area contributed by atoms with Crippen molar-refractivity contribution in [3.63, 3.8) is 0 Å². The smallest absolute Gasteiger partial charge is 0.379 e. The number of ether oxygens (including phenoxy) is 3. The molecule has 0 spiro atoms. The first-order valence-corrected chi connectivity index (χ1v) is 13.5. The molecule has 212 valence electrons. The molecule has 39 heavy (non-hydrogen) atoms. The van der Waals surface area contributed by atoms with Gasteiger partial charge in [-0.1, -0.05) is 0 Å². The summed E-state index contributed by atoms with van der Waals surface area (Å²) in [6, 6.07) is 1.28. The Balaban J connectivity index is 1.26. The molecular formula is C27H34F3N5O4. The third-order valence-corrected chi connectivity index (χ3v) is 8.89. The lowest BCUT2D eigenvalue weighted by Gasteiger charge is -2.37. The zero-order chi connectivity index (χ0) is 27.4. The number of imidazole rings is 1. The lowest BCUT2D eigenvalue weighted by molar-refractivity contribution is -0.145. The minimum absolute atomic E-state index is 0.0394. The van der Waals surface area contributed by atoms with Crippen molar-refractivity contribution in [2.75, 3.05) is 26.9 Å². The highest BCUT2D eigenvalue weighted by atomic mass is 19.4. The molecule has 3 fully saturated rings. The van der Waals surface area contributed by atoms with Gasteiger partial charge in [0.1, 0.15) is 11.9 Å². The molecule has 6 rings (SSSR count). The Labute approximate surface area is 225 Å². The summed E-state index contributed by atoms with van der Waals surface area (Å²) in [6.07, 6.45) is 2.19. The molecule has 1 amide bonds. The summed E-state index contributed by atoms with van der Waals surface area (Å²) in [6.45, 7) is 1.69. The number of hydrogen-bond acceptors (Lipinski definition) is 7. The maximum atomic E-state index is 14.4. The van der Waals surface area contributed by atoms with E-state index in [9.17, 15) is 18.0 Å². The van der Waals surface area contributed by atoms with Crippen LogP contribution < -0.4 is 5.32 Å². The van der Waals surface area contributed by atoms with E-state index in [-0.39, 0.29) is 42.8 Å². The Morgan fingerprint density at radius 2 is 2.13 bits per heavy atom. The number of amides is 1. The molecular weight excluding hydrogens is 515 g/mol. The molecule has 1 N–H and O–H groups in total. The number of carbonyl (C=O) groups excluding carboxylic acids is 1. The van der Waals surface area contributed by atoms with Crippen LogP contribution in [-0.4, -0.2) is 76.5 Å². The number of nitrogens with zero attached hydrogens (tertiary/aromatic N) is 4. The molecule has 3 unspecified atom stereocenters. The van der Waals surface area contributed by atoms with E-state index >= 15 is 0 Å². The van der Waals surface area contributed by atoms with Crippen LogP contribution in [0.5, 0.6) is 0 Å². The first kappa shape index (κ1) is 26.7. The fourth-order valence-electron chi connectivity index (χ4n) is 6.90. The maximum absolute atomic E-state index is 14.4. The molecule has 6 atom stereocenters. The topological polar surface area (TPSA) is 90.7 Å². The lowest BCUT2D eigenvalue weighted by atomic mass is 9.78. The number of pyridine rings is 1. The average Bonchev–Trinajstić information content (AvgIpc) is 3.59. The van der Waals surface area contributed by atoms with Crippen molar-refractivity contribution in [1.29, 1.82) is 0 Å². The largest absolute Gasteiger partial charge is 0.417 e. The Morgan fingerprint density at radius 3 is 2.87 bits per heavy atom. The Hall–Kier alpha value is -2.54. The van der Waals surface area contributed by atoms with E-state index in [1.165, 1.54) is 0 Å². The fourth-order valence-corrected chi connectivity index (χ4v) is 6.90. The predicted octanol–water partition coefficient (Wildman–Crippen LogP) is 2.79. The van der Waals surface area contributed by atoms with E-state index in [1.807, 2.05) is 17.8 Å². The number of nitrogens with one attached hydrogen (secondary N) is 1. The second-order valence-corrected chi connectivity index (χ2v) is 11.2. The van der Waals surface area contributed by atoms with Crippen molar-refractivity contribution in [3.05, 3.63) is 47.3 Å². The van der Waals surface area contributed by atoms with Crippen LogP contribution in [0.1, 0.15) is 54.4 Å². The number of aryl methyl sites for hydroxylation is 1. The number of halogens is 3. The minimum atomic E-state index is -4.48. The highest BCUT2D eigenvalue weighted by molar-refractivity contribution is 5.84. The Morgan fingerprint density at radius 1 is 1.28 bits per heavy atom. The number of hydrogen-bond donors (Lipinski definition) is 1.